The smallest absolute Gasteiger partial charge is 0.416 e. The Morgan fingerprint density at radius 1 is 0.978 bits per heavy atom. The number of carbonyl (C=O) groups excluding carboxylic acids is 3. The van der Waals surface area contributed by atoms with E-state index in [1.807, 2.05) is 42.5 Å². The van der Waals surface area contributed by atoms with E-state index in [4.69, 9.17) is 14.2 Å². The predicted octanol–water partition coefficient (Wildman–Crippen LogP) is 7.89. The van der Waals surface area contributed by atoms with Gasteiger partial charge in [0.1, 0.15) is 18.9 Å². The third-order valence-electron chi connectivity index (χ3n) is 6.78. The lowest BCUT2D eigenvalue weighted by molar-refractivity contribution is -0.137. The molecule has 0 unspecified atom stereocenters. The quantitative estimate of drug-likeness (QED) is 0.178. The third kappa shape index (κ3) is 7.10. The van der Waals surface area contributed by atoms with E-state index in [2.05, 4.69) is 21.2 Å². The molecule has 0 bridgehead atoms. The number of hydrogen-bond donors (Lipinski definition) is 1. The minimum Gasteiger partial charge on any atom is -0.495 e. The van der Waals surface area contributed by atoms with Gasteiger partial charge in [-0.3, -0.25) is 19.3 Å². The van der Waals surface area contributed by atoms with E-state index in [1.54, 1.807) is 12.1 Å². The number of nitrogens with zero attached hydrogens (tertiary/aromatic N) is 1. The Morgan fingerprint density at radius 3 is 2.44 bits per heavy atom. The molecule has 0 spiro atoms. The van der Waals surface area contributed by atoms with Crippen molar-refractivity contribution >= 4 is 67.3 Å². The summed E-state index contributed by atoms with van der Waals surface area (Å²) in [5, 5.41) is 3.73. The molecule has 4 aromatic rings. The summed E-state index contributed by atoms with van der Waals surface area (Å²) in [6.07, 6.45) is -3.18. The van der Waals surface area contributed by atoms with Gasteiger partial charge in [0, 0.05) is 0 Å². The van der Waals surface area contributed by atoms with Gasteiger partial charge in [0.25, 0.3) is 11.1 Å². The average molecular weight is 702 g/mol. The molecular weight excluding hydrogens is 677 g/mol. The van der Waals surface area contributed by atoms with Crippen LogP contribution in [0.1, 0.15) is 16.7 Å². The number of methoxy groups -OCH3 is 2. The standard InChI is InChI=1S/C32H24BrF3N2O6S/c1-42-25-11-10-21(32(34,35)36)15-24(25)37-28(39)16-38-30(40)27(45-31(38)41)14-18-12-23(33)29(26(13-18)43-2)44-17-20-8-5-7-19-6-3-4-9-22(19)20/h3-15H,16-17H2,1-2H3,(H,37,39)/b27-14-. The van der Waals surface area contributed by atoms with Crippen LogP contribution in [-0.2, 0) is 22.4 Å². The molecule has 1 aliphatic rings. The highest BCUT2D eigenvalue weighted by Crippen LogP contribution is 2.40. The number of imide groups is 1. The van der Waals surface area contributed by atoms with Crippen molar-refractivity contribution in [2.75, 3.05) is 26.1 Å². The molecule has 1 saturated heterocycles. The third-order valence-corrected chi connectivity index (χ3v) is 8.27. The van der Waals surface area contributed by atoms with E-state index in [1.165, 1.54) is 20.3 Å². The SMILES string of the molecule is COc1ccc(C(F)(F)F)cc1NC(=O)CN1C(=O)S/C(=C\c2cc(Br)c(OCc3cccc4ccccc34)c(OC)c2)C1=O. The number of fused-ring (bicyclic) bond motifs is 1. The lowest BCUT2D eigenvalue weighted by Gasteiger charge is -2.16. The van der Waals surface area contributed by atoms with Crippen LogP contribution in [0.3, 0.4) is 0 Å². The molecule has 1 N–H and O–H groups in total. The first-order valence-electron chi connectivity index (χ1n) is 13.3. The first-order chi connectivity index (χ1) is 21.5. The summed E-state index contributed by atoms with van der Waals surface area (Å²) in [5.41, 5.74) is 0.244. The number of thioether (sulfide) groups is 1. The van der Waals surface area contributed by atoms with E-state index in [0.29, 0.717) is 44.3 Å². The van der Waals surface area contributed by atoms with Crippen molar-refractivity contribution in [1.82, 2.24) is 4.90 Å². The number of nitrogens with one attached hydrogen (secondary N) is 1. The largest absolute Gasteiger partial charge is 0.495 e. The second-order valence-electron chi connectivity index (χ2n) is 9.69. The summed E-state index contributed by atoms with van der Waals surface area (Å²) in [4.78, 5) is 39.2. The van der Waals surface area contributed by atoms with Crippen LogP contribution in [0.5, 0.6) is 17.2 Å². The number of anilines is 1. The zero-order valence-corrected chi connectivity index (χ0v) is 26.1. The topological polar surface area (TPSA) is 94.2 Å². The summed E-state index contributed by atoms with van der Waals surface area (Å²) in [7, 11) is 2.71. The Labute approximate surface area is 268 Å². The van der Waals surface area contributed by atoms with Gasteiger partial charge in [-0.1, -0.05) is 42.5 Å². The van der Waals surface area contributed by atoms with Crippen LogP contribution in [0.2, 0.25) is 0 Å². The van der Waals surface area contributed by atoms with E-state index in [0.717, 1.165) is 28.5 Å². The molecule has 232 valence electrons. The van der Waals surface area contributed by atoms with Gasteiger partial charge in [-0.15, -0.1) is 0 Å². The maximum Gasteiger partial charge on any atom is 0.416 e. The van der Waals surface area contributed by atoms with Crippen molar-refractivity contribution in [3.63, 3.8) is 0 Å². The summed E-state index contributed by atoms with van der Waals surface area (Å²) in [6.45, 7) is -0.446. The Morgan fingerprint density at radius 2 is 1.71 bits per heavy atom. The molecule has 45 heavy (non-hydrogen) atoms. The first kappa shape index (κ1) is 31.9. The highest BCUT2D eigenvalue weighted by molar-refractivity contribution is 9.10. The Balaban J connectivity index is 1.30. The minimum atomic E-state index is -4.65. The Hall–Kier alpha value is -4.49. The molecule has 4 aromatic carbocycles. The molecule has 5 rings (SSSR count). The summed E-state index contributed by atoms with van der Waals surface area (Å²) < 4.78 is 56.8. The lowest BCUT2D eigenvalue weighted by atomic mass is 10.1. The maximum atomic E-state index is 13.2. The molecule has 8 nitrogen and oxygen atoms in total. The van der Waals surface area contributed by atoms with E-state index in [-0.39, 0.29) is 22.9 Å². The van der Waals surface area contributed by atoms with Gasteiger partial charge in [0.15, 0.2) is 11.5 Å². The van der Waals surface area contributed by atoms with Crippen LogP contribution in [0.25, 0.3) is 16.8 Å². The molecule has 3 amide bonds. The van der Waals surface area contributed by atoms with E-state index >= 15 is 0 Å². The van der Waals surface area contributed by atoms with Crippen LogP contribution < -0.4 is 19.5 Å². The molecule has 0 aliphatic carbocycles. The number of hydrogen-bond acceptors (Lipinski definition) is 7. The summed E-state index contributed by atoms with van der Waals surface area (Å²) in [5.74, 6) is -0.813. The van der Waals surface area contributed by atoms with Crippen LogP contribution in [0.15, 0.2) is 82.2 Å². The van der Waals surface area contributed by atoms with Crippen molar-refractivity contribution in [2.45, 2.75) is 12.8 Å². The fraction of sp³-hybridized carbons (Fsp3) is 0.156. The highest BCUT2D eigenvalue weighted by atomic mass is 79.9. The number of halogens is 4. The summed E-state index contributed by atoms with van der Waals surface area (Å²) >= 11 is 4.13. The molecule has 1 aliphatic heterocycles. The maximum absolute atomic E-state index is 13.2. The molecule has 1 heterocycles. The van der Waals surface area contributed by atoms with E-state index in [9.17, 15) is 27.6 Å². The molecule has 0 saturated carbocycles. The zero-order chi connectivity index (χ0) is 32.3. The van der Waals surface area contributed by atoms with Gasteiger partial charge in [0.2, 0.25) is 5.91 Å². The first-order valence-corrected chi connectivity index (χ1v) is 14.9. The number of carbonyl (C=O) groups is 3. The van der Waals surface area contributed by atoms with Crippen molar-refractivity contribution in [3.8, 4) is 17.2 Å². The fourth-order valence-electron chi connectivity index (χ4n) is 4.63. The molecule has 0 atom stereocenters. The number of amides is 3. The number of ether oxygens (including phenoxy) is 3. The van der Waals surface area contributed by atoms with Gasteiger partial charge in [-0.2, -0.15) is 13.2 Å². The second kappa shape index (κ2) is 13.2. The molecule has 0 radical (unpaired) electrons. The number of benzene rings is 4. The zero-order valence-electron chi connectivity index (χ0n) is 23.7. The van der Waals surface area contributed by atoms with Crippen molar-refractivity contribution in [3.05, 3.63) is 98.9 Å². The number of alkyl halides is 3. The van der Waals surface area contributed by atoms with Crippen molar-refractivity contribution < 1.29 is 41.8 Å². The second-order valence-corrected chi connectivity index (χ2v) is 11.5. The number of rotatable bonds is 9. The van der Waals surface area contributed by atoms with Crippen LogP contribution >= 0.6 is 27.7 Å². The monoisotopic (exact) mass is 700 g/mol. The van der Waals surface area contributed by atoms with Crippen molar-refractivity contribution in [1.29, 1.82) is 0 Å². The average Bonchev–Trinajstić information content (AvgIpc) is 3.26. The van der Waals surface area contributed by atoms with Gasteiger partial charge < -0.3 is 19.5 Å². The predicted molar refractivity (Wildman–Crippen MR) is 168 cm³/mol. The van der Waals surface area contributed by atoms with Crippen molar-refractivity contribution in [2.24, 2.45) is 0 Å². The Kier molecular flexibility index (Phi) is 9.40. The molecular formula is C32H24BrF3N2O6S. The van der Waals surface area contributed by atoms with Gasteiger partial charge in [-0.25, -0.2) is 0 Å². The van der Waals surface area contributed by atoms with Crippen LogP contribution in [0.4, 0.5) is 23.7 Å². The lowest BCUT2D eigenvalue weighted by Crippen LogP contribution is -2.36. The Bertz CT molecular complexity index is 1840. The van der Waals surface area contributed by atoms with Crippen LogP contribution in [0, 0.1) is 0 Å². The van der Waals surface area contributed by atoms with Crippen LogP contribution in [-0.4, -0.2) is 42.7 Å². The van der Waals surface area contributed by atoms with E-state index < -0.39 is 35.3 Å². The minimum absolute atomic E-state index is 0.0190. The fourth-order valence-corrected chi connectivity index (χ4v) is 6.05. The molecule has 1 fully saturated rings. The summed E-state index contributed by atoms with van der Waals surface area (Å²) in [6, 6.07) is 19.8. The van der Waals surface area contributed by atoms with Gasteiger partial charge in [-0.05, 0) is 86.0 Å². The van der Waals surface area contributed by atoms with Gasteiger partial charge in [0.05, 0.1) is 34.8 Å². The highest BCUT2D eigenvalue weighted by Gasteiger charge is 2.37. The normalized spacial score (nSPS) is 14.3. The van der Waals surface area contributed by atoms with Gasteiger partial charge >= 0.3 is 6.18 Å². The molecule has 13 heteroatoms. The molecule has 0 aromatic heterocycles.